The number of hydrogen-bond donors (Lipinski definition) is 1. The zero-order chi connectivity index (χ0) is 21.5. The van der Waals surface area contributed by atoms with E-state index in [1.165, 1.54) is 18.9 Å². The van der Waals surface area contributed by atoms with Gasteiger partial charge >= 0.3 is 12.1 Å². The number of fused-ring (bicyclic) bond motifs is 3. The Kier molecular flexibility index (Phi) is 5.28. The Bertz CT molecular complexity index is 924. The minimum absolute atomic E-state index is 0.0710. The molecule has 1 amide bonds. The molecule has 2 aliphatic rings. The average Bonchev–Trinajstić information content (AvgIpc) is 3.53. The Morgan fingerprint density at radius 2 is 1.63 bits per heavy atom. The second-order valence-corrected chi connectivity index (χ2v) is 8.24. The molecule has 0 spiro atoms. The van der Waals surface area contributed by atoms with Crippen molar-refractivity contribution in [1.82, 2.24) is 4.90 Å². The first kappa shape index (κ1) is 20.4. The van der Waals surface area contributed by atoms with Crippen molar-refractivity contribution < 1.29 is 24.2 Å². The number of carboxylic acids is 1. The van der Waals surface area contributed by atoms with E-state index in [0.29, 0.717) is 0 Å². The molecule has 4 rings (SSSR count). The molecule has 0 bridgehead atoms. The standard InChI is InChI=1S/C24H27NO5/c1-15(29-3)24(2,22(26)27)25(16-12-13-16)23(28)30-14-21-19-10-6-4-8-17(19)18-9-5-7-11-20(18)21/h4-11,15-16,21H,12-14H2,1-3H3,(H,26,27). The highest BCUT2D eigenvalue weighted by Crippen LogP contribution is 2.45. The van der Waals surface area contributed by atoms with Gasteiger partial charge in [-0.15, -0.1) is 0 Å². The lowest BCUT2D eigenvalue weighted by Crippen LogP contribution is -2.62. The number of nitrogens with zero attached hydrogens (tertiary/aromatic N) is 1. The molecule has 2 atom stereocenters. The smallest absolute Gasteiger partial charge is 0.411 e. The number of rotatable bonds is 7. The van der Waals surface area contributed by atoms with Gasteiger partial charge < -0.3 is 14.6 Å². The summed E-state index contributed by atoms with van der Waals surface area (Å²) in [5.74, 6) is -1.17. The minimum atomic E-state index is -1.50. The average molecular weight is 409 g/mol. The lowest BCUT2D eigenvalue weighted by Gasteiger charge is -2.40. The number of hydrogen-bond acceptors (Lipinski definition) is 4. The van der Waals surface area contributed by atoms with Gasteiger partial charge in [-0.3, -0.25) is 4.90 Å². The first-order valence-corrected chi connectivity index (χ1v) is 10.3. The Morgan fingerprint density at radius 1 is 1.10 bits per heavy atom. The van der Waals surface area contributed by atoms with Crippen LogP contribution in [0.25, 0.3) is 11.1 Å². The third kappa shape index (κ3) is 3.25. The van der Waals surface area contributed by atoms with E-state index in [0.717, 1.165) is 35.1 Å². The Balaban J connectivity index is 1.59. The molecule has 2 unspecified atom stereocenters. The first-order valence-electron chi connectivity index (χ1n) is 10.3. The van der Waals surface area contributed by atoms with Crippen molar-refractivity contribution in [3.05, 3.63) is 59.7 Å². The van der Waals surface area contributed by atoms with Gasteiger partial charge in [0.15, 0.2) is 5.54 Å². The summed E-state index contributed by atoms with van der Waals surface area (Å²) in [7, 11) is 1.45. The fraction of sp³-hybridized carbons (Fsp3) is 0.417. The van der Waals surface area contributed by atoms with Crippen LogP contribution in [0.4, 0.5) is 4.79 Å². The summed E-state index contributed by atoms with van der Waals surface area (Å²) in [6.45, 7) is 3.36. The second kappa shape index (κ2) is 7.76. The van der Waals surface area contributed by atoms with Crippen molar-refractivity contribution in [2.45, 2.75) is 50.3 Å². The molecule has 0 saturated heterocycles. The van der Waals surface area contributed by atoms with E-state index < -0.39 is 23.7 Å². The molecule has 1 N–H and O–H groups in total. The summed E-state index contributed by atoms with van der Waals surface area (Å²) in [5, 5.41) is 9.94. The second-order valence-electron chi connectivity index (χ2n) is 8.24. The predicted molar refractivity (Wildman–Crippen MR) is 112 cm³/mol. The summed E-state index contributed by atoms with van der Waals surface area (Å²) in [6.07, 6.45) is 0.247. The monoisotopic (exact) mass is 409 g/mol. The third-order valence-corrected chi connectivity index (χ3v) is 6.52. The van der Waals surface area contributed by atoms with Gasteiger partial charge in [-0.1, -0.05) is 48.5 Å². The molecule has 6 nitrogen and oxygen atoms in total. The van der Waals surface area contributed by atoms with Crippen LogP contribution in [-0.2, 0) is 14.3 Å². The first-order chi connectivity index (χ1) is 14.4. The molecule has 2 aromatic carbocycles. The van der Waals surface area contributed by atoms with Gasteiger partial charge in [0.25, 0.3) is 0 Å². The molecule has 30 heavy (non-hydrogen) atoms. The van der Waals surface area contributed by atoms with E-state index in [1.807, 2.05) is 24.3 Å². The quantitative estimate of drug-likeness (QED) is 0.739. The summed E-state index contributed by atoms with van der Waals surface area (Å²) < 4.78 is 11.1. The van der Waals surface area contributed by atoms with Gasteiger partial charge in [-0.25, -0.2) is 9.59 Å². The van der Waals surface area contributed by atoms with E-state index in [-0.39, 0.29) is 18.6 Å². The number of carbonyl (C=O) groups is 2. The maximum Gasteiger partial charge on any atom is 0.411 e. The number of carboxylic acid groups (broad SMARTS) is 1. The molecule has 0 radical (unpaired) electrons. The predicted octanol–water partition coefficient (Wildman–Crippen LogP) is 4.28. The van der Waals surface area contributed by atoms with Gasteiger partial charge in [0, 0.05) is 19.1 Å². The van der Waals surface area contributed by atoms with Gasteiger partial charge in [0.2, 0.25) is 0 Å². The number of carbonyl (C=O) groups excluding carboxylic acids is 1. The fourth-order valence-corrected chi connectivity index (χ4v) is 4.42. The highest BCUT2D eigenvalue weighted by Gasteiger charge is 2.53. The molecule has 2 aromatic rings. The molecule has 158 valence electrons. The lowest BCUT2D eigenvalue weighted by molar-refractivity contribution is -0.158. The van der Waals surface area contributed by atoms with Gasteiger partial charge in [-0.05, 0) is 48.9 Å². The highest BCUT2D eigenvalue weighted by molar-refractivity contribution is 5.85. The maximum absolute atomic E-state index is 13.2. The van der Waals surface area contributed by atoms with E-state index in [2.05, 4.69) is 24.3 Å². The van der Waals surface area contributed by atoms with Crippen LogP contribution in [0.3, 0.4) is 0 Å². The minimum Gasteiger partial charge on any atom is -0.479 e. The van der Waals surface area contributed by atoms with Crippen LogP contribution >= 0.6 is 0 Å². The summed E-state index contributed by atoms with van der Waals surface area (Å²) in [6, 6.07) is 16.1. The van der Waals surface area contributed by atoms with Crippen LogP contribution in [0.2, 0.25) is 0 Å². The van der Waals surface area contributed by atoms with Crippen molar-refractivity contribution in [3.63, 3.8) is 0 Å². The maximum atomic E-state index is 13.2. The van der Waals surface area contributed by atoms with Crippen LogP contribution in [0, 0.1) is 0 Å². The number of aliphatic carboxylic acids is 1. The number of ether oxygens (including phenoxy) is 2. The highest BCUT2D eigenvalue weighted by atomic mass is 16.6. The Hall–Kier alpha value is -2.86. The molecule has 0 heterocycles. The van der Waals surface area contributed by atoms with E-state index in [9.17, 15) is 14.7 Å². The van der Waals surface area contributed by atoms with Crippen LogP contribution in [0.5, 0.6) is 0 Å². The molecule has 0 aliphatic heterocycles. The molecule has 0 aromatic heterocycles. The lowest BCUT2D eigenvalue weighted by atomic mass is 9.93. The van der Waals surface area contributed by atoms with Crippen LogP contribution in [0.1, 0.15) is 43.7 Å². The summed E-state index contributed by atoms with van der Waals surface area (Å²) >= 11 is 0. The number of benzene rings is 2. The van der Waals surface area contributed by atoms with Crippen molar-refractivity contribution >= 4 is 12.1 Å². The van der Waals surface area contributed by atoms with Crippen LogP contribution in [-0.4, -0.2) is 53.5 Å². The molecule has 2 aliphatic carbocycles. The van der Waals surface area contributed by atoms with E-state index in [4.69, 9.17) is 9.47 Å². The zero-order valence-corrected chi connectivity index (χ0v) is 17.5. The van der Waals surface area contributed by atoms with Crippen LogP contribution in [0.15, 0.2) is 48.5 Å². The Labute approximate surface area is 176 Å². The molecular weight excluding hydrogens is 382 g/mol. The van der Waals surface area contributed by atoms with E-state index in [1.54, 1.807) is 6.92 Å². The number of methoxy groups -OCH3 is 1. The van der Waals surface area contributed by atoms with Crippen LogP contribution < -0.4 is 0 Å². The normalized spacial score (nSPS) is 18.1. The van der Waals surface area contributed by atoms with Crippen molar-refractivity contribution in [2.24, 2.45) is 0 Å². The zero-order valence-electron chi connectivity index (χ0n) is 17.5. The third-order valence-electron chi connectivity index (χ3n) is 6.52. The fourth-order valence-electron chi connectivity index (χ4n) is 4.42. The van der Waals surface area contributed by atoms with Crippen molar-refractivity contribution in [3.8, 4) is 11.1 Å². The van der Waals surface area contributed by atoms with Crippen molar-refractivity contribution in [2.75, 3.05) is 13.7 Å². The topological polar surface area (TPSA) is 76.1 Å². The van der Waals surface area contributed by atoms with Gasteiger partial charge in [0.05, 0.1) is 6.10 Å². The number of amides is 1. The SMILES string of the molecule is COC(C)C(C)(C(=O)O)N(C(=O)OCC1c2ccccc2-c2ccccc21)C1CC1. The molecule has 1 saturated carbocycles. The van der Waals surface area contributed by atoms with Gasteiger partial charge in [-0.2, -0.15) is 0 Å². The molecular formula is C24H27NO5. The summed E-state index contributed by atoms with van der Waals surface area (Å²) in [4.78, 5) is 26.7. The largest absolute Gasteiger partial charge is 0.479 e. The van der Waals surface area contributed by atoms with Gasteiger partial charge in [0.1, 0.15) is 6.61 Å². The summed E-state index contributed by atoms with van der Waals surface area (Å²) in [5.41, 5.74) is 3.04. The molecule has 6 heteroatoms. The molecule has 1 fully saturated rings. The Morgan fingerprint density at radius 3 is 2.10 bits per heavy atom. The van der Waals surface area contributed by atoms with Crippen molar-refractivity contribution in [1.29, 1.82) is 0 Å². The van der Waals surface area contributed by atoms with E-state index >= 15 is 0 Å².